The topological polar surface area (TPSA) is 108 Å². The summed E-state index contributed by atoms with van der Waals surface area (Å²) in [5, 5.41) is 15.5. The maximum atomic E-state index is 11.7. The van der Waals surface area contributed by atoms with Crippen LogP contribution in [-0.4, -0.2) is 45.5 Å². The van der Waals surface area contributed by atoms with Crippen molar-refractivity contribution in [1.29, 1.82) is 0 Å². The number of hydrogen-bond acceptors (Lipinski definition) is 6. The summed E-state index contributed by atoms with van der Waals surface area (Å²) in [6.45, 7) is 1.31. The van der Waals surface area contributed by atoms with E-state index in [1.165, 1.54) is 0 Å². The van der Waals surface area contributed by atoms with Gasteiger partial charge in [-0.2, -0.15) is 5.10 Å². The lowest BCUT2D eigenvalue weighted by Crippen LogP contribution is -2.26. The van der Waals surface area contributed by atoms with Crippen LogP contribution in [0.4, 0.5) is 5.69 Å². The van der Waals surface area contributed by atoms with E-state index in [9.17, 15) is 9.59 Å². The fraction of sp³-hybridized carbons (Fsp3) is 0.500. The van der Waals surface area contributed by atoms with Crippen molar-refractivity contribution in [3.8, 4) is 5.88 Å². The fourth-order valence-electron chi connectivity index (χ4n) is 4.23. The molecule has 1 saturated carbocycles. The first-order chi connectivity index (χ1) is 14.0. The first-order valence-electron chi connectivity index (χ1n) is 9.85. The van der Waals surface area contributed by atoms with Crippen LogP contribution in [0, 0.1) is 5.92 Å². The standard InChI is InChI=1S/C20H23ClN4O4/c21-18-16(10-23-24-19(18)26)25-8-6-15(11-25)29-17-9-14(5-7-22-17)12-1-3-13(4-2-12)20(27)28/h5,7,9-10,12-13,15H,1-4,6,8,11H2,(H,24,26)(H,27,28)/t12?,13?,15-/m1/s1. The Bertz CT molecular complexity index is 942. The predicted molar refractivity (Wildman–Crippen MR) is 108 cm³/mol. The van der Waals surface area contributed by atoms with E-state index >= 15 is 0 Å². The van der Waals surface area contributed by atoms with Gasteiger partial charge in [0.25, 0.3) is 5.56 Å². The number of carbonyl (C=O) groups is 1. The van der Waals surface area contributed by atoms with Crippen molar-refractivity contribution in [3.63, 3.8) is 0 Å². The normalized spacial score (nSPS) is 24.4. The number of carboxylic acid groups (broad SMARTS) is 1. The first kappa shape index (κ1) is 19.7. The molecule has 1 saturated heterocycles. The molecule has 0 unspecified atom stereocenters. The summed E-state index contributed by atoms with van der Waals surface area (Å²) in [5.41, 5.74) is 1.36. The van der Waals surface area contributed by atoms with Gasteiger partial charge in [-0.25, -0.2) is 10.1 Å². The molecule has 2 aromatic heterocycles. The Morgan fingerprint density at radius 2 is 2.07 bits per heavy atom. The second-order valence-corrected chi connectivity index (χ2v) is 8.07. The number of anilines is 1. The zero-order chi connectivity index (χ0) is 20.4. The summed E-state index contributed by atoms with van der Waals surface area (Å²) >= 11 is 6.10. The molecule has 2 N–H and O–H groups in total. The van der Waals surface area contributed by atoms with Crippen LogP contribution in [0.25, 0.3) is 0 Å². The van der Waals surface area contributed by atoms with Crippen LogP contribution in [0.5, 0.6) is 5.88 Å². The smallest absolute Gasteiger partial charge is 0.306 e. The lowest BCUT2D eigenvalue weighted by molar-refractivity contribution is -0.142. The van der Waals surface area contributed by atoms with E-state index in [-0.39, 0.29) is 17.0 Å². The van der Waals surface area contributed by atoms with Gasteiger partial charge < -0.3 is 14.7 Å². The molecule has 0 amide bonds. The SMILES string of the molecule is O=C(O)C1CCC(c2ccnc(O[C@@H]3CCN(c4cn[nH]c(=O)c4Cl)C3)c2)CC1. The Hall–Kier alpha value is -2.61. The average Bonchev–Trinajstić information content (AvgIpc) is 3.18. The van der Waals surface area contributed by atoms with E-state index in [0.717, 1.165) is 24.8 Å². The number of nitrogens with zero attached hydrogens (tertiary/aromatic N) is 3. The third kappa shape index (κ3) is 4.37. The van der Waals surface area contributed by atoms with E-state index in [1.807, 2.05) is 17.0 Å². The average molecular weight is 419 g/mol. The highest BCUT2D eigenvalue weighted by molar-refractivity contribution is 6.33. The van der Waals surface area contributed by atoms with Crippen LogP contribution >= 0.6 is 11.6 Å². The van der Waals surface area contributed by atoms with Gasteiger partial charge in [-0.05, 0) is 43.2 Å². The largest absolute Gasteiger partial charge is 0.481 e. The van der Waals surface area contributed by atoms with Gasteiger partial charge in [-0.1, -0.05) is 11.6 Å². The zero-order valence-electron chi connectivity index (χ0n) is 15.9. The number of hydrogen-bond donors (Lipinski definition) is 2. The summed E-state index contributed by atoms with van der Waals surface area (Å²) in [6, 6.07) is 3.96. The Morgan fingerprint density at radius 3 is 2.83 bits per heavy atom. The Labute approximate surface area is 172 Å². The molecule has 0 radical (unpaired) electrons. The molecule has 1 aliphatic heterocycles. The zero-order valence-corrected chi connectivity index (χ0v) is 16.6. The maximum absolute atomic E-state index is 11.7. The van der Waals surface area contributed by atoms with Crippen LogP contribution in [-0.2, 0) is 4.79 Å². The molecule has 2 fully saturated rings. The Morgan fingerprint density at radius 1 is 1.28 bits per heavy atom. The second kappa shape index (κ2) is 8.41. The monoisotopic (exact) mass is 418 g/mol. The first-order valence-corrected chi connectivity index (χ1v) is 10.2. The van der Waals surface area contributed by atoms with E-state index in [0.29, 0.717) is 43.4 Å². The molecule has 29 heavy (non-hydrogen) atoms. The van der Waals surface area contributed by atoms with Crippen LogP contribution in [0.3, 0.4) is 0 Å². The molecular weight excluding hydrogens is 396 g/mol. The van der Waals surface area contributed by atoms with Gasteiger partial charge in [0.1, 0.15) is 11.1 Å². The minimum absolute atomic E-state index is 0.0594. The van der Waals surface area contributed by atoms with Crippen LogP contribution in [0.15, 0.2) is 29.3 Å². The molecule has 2 aromatic rings. The van der Waals surface area contributed by atoms with Crippen molar-refractivity contribution in [2.75, 3.05) is 18.0 Å². The molecule has 8 nitrogen and oxygen atoms in total. The number of rotatable bonds is 5. The van der Waals surface area contributed by atoms with Crippen LogP contribution in [0.2, 0.25) is 5.02 Å². The Balaban J connectivity index is 1.38. The lowest BCUT2D eigenvalue weighted by atomic mass is 9.79. The number of H-pyrrole nitrogens is 1. The highest BCUT2D eigenvalue weighted by Gasteiger charge is 2.29. The number of carboxylic acids is 1. The summed E-state index contributed by atoms with van der Waals surface area (Å²) in [7, 11) is 0. The number of aliphatic carboxylic acids is 1. The van der Waals surface area contributed by atoms with Crippen molar-refractivity contribution in [3.05, 3.63) is 45.5 Å². The molecule has 0 spiro atoms. The lowest BCUT2D eigenvalue weighted by Gasteiger charge is -2.26. The van der Waals surface area contributed by atoms with Gasteiger partial charge in [0.2, 0.25) is 5.88 Å². The third-order valence-electron chi connectivity index (χ3n) is 5.86. The molecule has 0 bridgehead atoms. The van der Waals surface area contributed by atoms with Gasteiger partial charge in [0.15, 0.2) is 0 Å². The van der Waals surface area contributed by atoms with Gasteiger partial charge in [0.05, 0.1) is 24.3 Å². The molecule has 0 aromatic carbocycles. The summed E-state index contributed by atoms with van der Waals surface area (Å²) in [5.74, 6) is 0.00491. The van der Waals surface area contributed by atoms with Gasteiger partial charge in [-0.15, -0.1) is 0 Å². The molecule has 3 heterocycles. The fourth-order valence-corrected chi connectivity index (χ4v) is 4.44. The number of aromatic nitrogens is 3. The van der Waals surface area contributed by atoms with E-state index in [1.54, 1.807) is 12.4 Å². The van der Waals surface area contributed by atoms with Crippen molar-refractivity contribution in [1.82, 2.24) is 15.2 Å². The summed E-state index contributed by atoms with van der Waals surface area (Å²) < 4.78 is 6.09. The molecular formula is C20H23ClN4O4. The molecule has 2 aliphatic rings. The second-order valence-electron chi connectivity index (χ2n) is 7.69. The third-order valence-corrected chi connectivity index (χ3v) is 6.22. The number of nitrogens with one attached hydrogen (secondary N) is 1. The van der Waals surface area contributed by atoms with Crippen molar-refractivity contribution >= 4 is 23.3 Å². The summed E-state index contributed by atoms with van der Waals surface area (Å²) in [4.78, 5) is 29.1. The number of halogens is 1. The van der Waals surface area contributed by atoms with E-state index < -0.39 is 11.5 Å². The van der Waals surface area contributed by atoms with Crippen molar-refractivity contribution < 1.29 is 14.6 Å². The summed E-state index contributed by atoms with van der Waals surface area (Å²) in [6.07, 6.45) is 7.19. The van der Waals surface area contributed by atoms with E-state index in [4.69, 9.17) is 21.4 Å². The quantitative estimate of drug-likeness (QED) is 0.768. The minimum Gasteiger partial charge on any atom is -0.481 e. The molecule has 154 valence electrons. The molecule has 4 rings (SSSR count). The van der Waals surface area contributed by atoms with Crippen molar-refractivity contribution in [2.45, 2.75) is 44.1 Å². The van der Waals surface area contributed by atoms with E-state index in [2.05, 4.69) is 15.2 Å². The van der Waals surface area contributed by atoms with Gasteiger partial charge in [0, 0.05) is 25.2 Å². The molecule has 1 atom stereocenters. The highest BCUT2D eigenvalue weighted by atomic mass is 35.5. The number of aromatic amines is 1. The minimum atomic E-state index is -0.691. The Kier molecular flexibility index (Phi) is 5.71. The van der Waals surface area contributed by atoms with Gasteiger partial charge in [-0.3, -0.25) is 9.59 Å². The predicted octanol–water partition coefficient (Wildman–Crippen LogP) is 2.83. The van der Waals surface area contributed by atoms with Crippen LogP contribution in [0.1, 0.15) is 43.6 Å². The highest BCUT2D eigenvalue weighted by Crippen LogP contribution is 2.36. The molecule has 9 heteroatoms. The number of pyridine rings is 1. The number of ether oxygens (including phenoxy) is 1. The molecule has 1 aliphatic carbocycles. The van der Waals surface area contributed by atoms with Crippen LogP contribution < -0.4 is 15.2 Å². The maximum Gasteiger partial charge on any atom is 0.306 e. The van der Waals surface area contributed by atoms with Gasteiger partial charge >= 0.3 is 5.97 Å². The van der Waals surface area contributed by atoms with Crippen molar-refractivity contribution in [2.24, 2.45) is 5.92 Å².